The predicted octanol–water partition coefficient (Wildman–Crippen LogP) is 4.02. The number of ether oxygens (including phenoxy) is 3. The first-order valence-electron chi connectivity index (χ1n) is 9.73. The molecule has 0 radical (unpaired) electrons. The van der Waals surface area contributed by atoms with Gasteiger partial charge >= 0.3 is 6.09 Å². The van der Waals surface area contributed by atoms with E-state index >= 15 is 0 Å². The maximum Gasteiger partial charge on any atom is 0.412 e. The number of phenolic OH excluding ortho intramolecular Hbond substituents is 1. The summed E-state index contributed by atoms with van der Waals surface area (Å²) in [7, 11) is 0. The Hall–Kier alpha value is -4.24. The molecule has 4 N–H and O–H groups in total. The molecule has 164 valence electrons. The van der Waals surface area contributed by atoms with E-state index in [2.05, 4.69) is 5.32 Å². The van der Waals surface area contributed by atoms with Crippen molar-refractivity contribution in [1.29, 1.82) is 0 Å². The van der Waals surface area contributed by atoms with Crippen molar-refractivity contribution in [1.82, 2.24) is 5.48 Å². The van der Waals surface area contributed by atoms with Gasteiger partial charge in [-0.1, -0.05) is 36.4 Å². The molecule has 9 heteroatoms. The second-order valence-corrected chi connectivity index (χ2v) is 6.92. The van der Waals surface area contributed by atoms with Crippen molar-refractivity contribution in [2.75, 3.05) is 12.1 Å². The third-order valence-corrected chi connectivity index (χ3v) is 4.88. The Bertz CT molecular complexity index is 1190. The predicted molar refractivity (Wildman–Crippen MR) is 115 cm³/mol. The number of hydrogen-bond acceptors (Lipinski definition) is 7. The van der Waals surface area contributed by atoms with Gasteiger partial charge in [-0.3, -0.25) is 15.3 Å². The molecular formula is C23H20N2O7. The summed E-state index contributed by atoms with van der Waals surface area (Å²) >= 11 is 0. The third-order valence-electron chi connectivity index (χ3n) is 4.88. The number of phenols is 1. The molecule has 4 rings (SSSR count). The molecule has 3 aromatic carbocycles. The van der Waals surface area contributed by atoms with Crippen molar-refractivity contribution in [3.63, 3.8) is 0 Å². The van der Waals surface area contributed by atoms with Crippen LogP contribution in [0.25, 0.3) is 10.8 Å². The Balaban J connectivity index is 1.58. The van der Waals surface area contributed by atoms with Crippen LogP contribution >= 0.6 is 0 Å². The van der Waals surface area contributed by atoms with Crippen molar-refractivity contribution in [2.45, 2.75) is 12.5 Å². The summed E-state index contributed by atoms with van der Waals surface area (Å²) < 4.78 is 16.2. The maximum atomic E-state index is 12.7. The van der Waals surface area contributed by atoms with Gasteiger partial charge in [-0.25, -0.2) is 10.3 Å². The highest BCUT2D eigenvalue weighted by molar-refractivity contribution is 5.92. The molecule has 0 spiro atoms. The monoisotopic (exact) mass is 436 g/mol. The number of benzene rings is 3. The first-order valence-corrected chi connectivity index (χ1v) is 9.73. The van der Waals surface area contributed by atoms with Gasteiger partial charge in [0.05, 0.1) is 0 Å². The van der Waals surface area contributed by atoms with Gasteiger partial charge in [-0.15, -0.1) is 0 Å². The number of nitrogens with one attached hydrogen (secondary N) is 2. The van der Waals surface area contributed by atoms with Crippen molar-refractivity contribution in [2.24, 2.45) is 0 Å². The van der Waals surface area contributed by atoms with Gasteiger partial charge < -0.3 is 19.3 Å². The highest BCUT2D eigenvalue weighted by atomic mass is 16.7. The molecular weight excluding hydrogens is 416 g/mol. The molecule has 0 unspecified atom stereocenters. The quantitative estimate of drug-likeness (QED) is 0.261. The van der Waals surface area contributed by atoms with Crippen LogP contribution < -0.4 is 20.3 Å². The van der Waals surface area contributed by atoms with E-state index in [1.807, 2.05) is 6.07 Å². The zero-order chi connectivity index (χ0) is 22.5. The first kappa shape index (κ1) is 21.0. The van der Waals surface area contributed by atoms with E-state index in [4.69, 9.17) is 19.4 Å². The molecule has 1 aliphatic rings. The summed E-state index contributed by atoms with van der Waals surface area (Å²) in [5, 5.41) is 22.8. The fourth-order valence-corrected chi connectivity index (χ4v) is 3.41. The lowest BCUT2D eigenvalue weighted by Gasteiger charge is -2.19. The van der Waals surface area contributed by atoms with E-state index < -0.39 is 18.1 Å². The Morgan fingerprint density at radius 2 is 1.84 bits per heavy atom. The Morgan fingerprint density at radius 3 is 2.66 bits per heavy atom. The zero-order valence-electron chi connectivity index (χ0n) is 16.8. The summed E-state index contributed by atoms with van der Waals surface area (Å²) in [6, 6.07) is 15.3. The SMILES string of the molecule is O=C(/C=C/C[C@@H](OC(=O)Nc1ccc2c(c1)OCO2)c1ccc(O)c2ccccc12)NO. The van der Waals surface area contributed by atoms with Crippen molar-refractivity contribution < 1.29 is 34.1 Å². The van der Waals surface area contributed by atoms with Crippen LogP contribution in [-0.2, 0) is 9.53 Å². The van der Waals surface area contributed by atoms with Crippen LogP contribution in [0.5, 0.6) is 17.2 Å². The number of carbonyl (C=O) groups excluding carboxylic acids is 2. The second kappa shape index (κ2) is 9.27. The van der Waals surface area contributed by atoms with Crippen LogP contribution in [0.2, 0.25) is 0 Å². The van der Waals surface area contributed by atoms with Gasteiger partial charge in [-0.05, 0) is 23.6 Å². The van der Waals surface area contributed by atoms with Crippen LogP contribution in [0.3, 0.4) is 0 Å². The van der Waals surface area contributed by atoms with Crippen molar-refractivity contribution >= 4 is 28.5 Å². The molecule has 0 saturated carbocycles. The van der Waals surface area contributed by atoms with Crippen molar-refractivity contribution in [3.05, 3.63) is 72.3 Å². The lowest BCUT2D eigenvalue weighted by Crippen LogP contribution is -2.18. The van der Waals surface area contributed by atoms with Crippen LogP contribution in [0, 0.1) is 0 Å². The van der Waals surface area contributed by atoms with Gasteiger partial charge in [0, 0.05) is 35.2 Å². The minimum Gasteiger partial charge on any atom is -0.507 e. The standard InChI is InChI=1S/C23H20N2O7/c26-18-10-9-17(15-4-1-2-5-16(15)18)19(6-3-7-22(27)25-29)32-23(28)24-14-8-11-20-21(12-14)31-13-30-20/h1-5,7-12,19,26,29H,6,13H2,(H,24,28)(H,25,27)/b7-3+/t19-/m1/s1. The van der Waals surface area contributed by atoms with Crippen LogP contribution in [0.1, 0.15) is 18.1 Å². The number of carbonyl (C=O) groups is 2. The number of hydrogen-bond donors (Lipinski definition) is 4. The fourth-order valence-electron chi connectivity index (χ4n) is 3.41. The molecule has 0 fully saturated rings. The third kappa shape index (κ3) is 4.57. The molecule has 1 aliphatic heterocycles. The normalized spacial score (nSPS) is 13.2. The van der Waals surface area contributed by atoms with E-state index in [0.29, 0.717) is 33.5 Å². The van der Waals surface area contributed by atoms with E-state index in [0.717, 1.165) is 6.08 Å². The largest absolute Gasteiger partial charge is 0.507 e. The lowest BCUT2D eigenvalue weighted by atomic mass is 9.97. The lowest BCUT2D eigenvalue weighted by molar-refractivity contribution is -0.124. The number of fused-ring (bicyclic) bond motifs is 2. The summed E-state index contributed by atoms with van der Waals surface area (Å²) in [4.78, 5) is 24.0. The number of aromatic hydroxyl groups is 1. The van der Waals surface area contributed by atoms with E-state index in [9.17, 15) is 14.7 Å². The summed E-state index contributed by atoms with van der Waals surface area (Å²) in [5.74, 6) is 0.499. The summed E-state index contributed by atoms with van der Waals surface area (Å²) in [6.45, 7) is 0.118. The number of anilines is 1. The van der Waals surface area contributed by atoms with Gasteiger partial charge in [0.25, 0.3) is 5.91 Å². The summed E-state index contributed by atoms with van der Waals surface area (Å²) in [5.41, 5.74) is 2.62. The van der Waals surface area contributed by atoms with E-state index in [1.54, 1.807) is 42.5 Å². The van der Waals surface area contributed by atoms with Crippen LogP contribution in [-0.4, -0.2) is 29.1 Å². The Labute approximate surface area is 182 Å². The molecule has 0 aliphatic carbocycles. The summed E-state index contributed by atoms with van der Waals surface area (Å²) in [6.07, 6.45) is 1.26. The average molecular weight is 436 g/mol. The Morgan fingerprint density at radius 1 is 1.06 bits per heavy atom. The molecule has 0 bridgehead atoms. The van der Waals surface area contributed by atoms with Gasteiger partial charge in [0.15, 0.2) is 11.5 Å². The topological polar surface area (TPSA) is 126 Å². The fraction of sp³-hybridized carbons (Fsp3) is 0.130. The van der Waals surface area contributed by atoms with Crippen LogP contribution in [0.4, 0.5) is 10.5 Å². The molecule has 32 heavy (non-hydrogen) atoms. The van der Waals surface area contributed by atoms with Crippen molar-refractivity contribution in [3.8, 4) is 17.2 Å². The molecule has 2 amide bonds. The smallest absolute Gasteiger partial charge is 0.412 e. The molecule has 3 aromatic rings. The molecule has 0 saturated heterocycles. The van der Waals surface area contributed by atoms with Gasteiger partial charge in [-0.2, -0.15) is 0 Å². The second-order valence-electron chi connectivity index (χ2n) is 6.92. The first-order chi connectivity index (χ1) is 15.5. The molecule has 1 atom stereocenters. The molecule has 1 heterocycles. The molecule has 0 aromatic heterocycles. The number of rotatable bonds is 6. The van der Waals surface area contributed by atoms with Gasteiger partial charge in [0.1, 0.15) is 11.9 Å². The Kier molecular flexibility index (Phi) is 6.09. The highest BCUT2D eigenvalue weighted by Crippen LogP contribution is 2.36. The van der Waals surface area contributed by atoms with E-state index in [-0.39, 0.29) is 19.0 Å². The number of hydroxylamine groups is 1. The maximum absolute atomic E-state index is 12.7. The van der Waals surface area contributed by atoms with E-state index in [1.165, 1.54) is 17.6 Å². The average Bonchev–Trinajstić information content (AvgIpc) is 3.27. The van der Waals surface area contributed by atoms with Crippen LogP contribution in [0.15, 0.2) is 66.7 Å². The highest BCUT2D eigenvalue weighted by Gasteiger charge is 2.20. The minimum atomic E-state index is -0.780. The molecule has 9 nitrogen and oxygen atoms in total. The minimum absolute atomic E-state index is 0.100. The van der Waals surface area contributed by atoms with Gasteiger partial charge in [0.2, 0.25) is 6.79 Å². The number of amides is 2. The zero-order valence-corrected chi connectivity index (χ0v) is 16.8.